The number of hydrogen-bond acceptors (Lipinski definition) is 3. The molecule has 1 atom stereocenters. The lowest BCUT2D eigenvalue weighted by Crippen LogP contribution is -2.53. The molecule has 2 fully saturated rings. The van der Waals surface area contributed by atoms with Crippen LogP contribution in [0.15, 0.2) is 30.3 Å². The van der Waals surface area contributed by atoms with Crippen LogP contribution < -0.4 is 0 Å². The monoisotopic (exact) mass is 394 g/mol. The minimum atomic E-state index is -0.868. The van der Waals surface area contributed by atoms with Gasteiger partial charge < -0.3 is 10.0 Å². The summed E-state index contributed by atoms with van der Waals surface area (Å²) in [4.78, 5) is 17.3. The molecule has 1 N–H and O–H groups in total. The van der Waals surface area contributed by atoms with Crippen LogP contribution in [0, 0.1) is 5.92 Å². The minimum absolute atomic E-state index is 0. The number of hydrogen-bond donors (Lipinski definition) is 1. The van der Waals surface area contributed by atoms with Crippen molar-refractivity contribution >= 4 is 18.3 Å². The quantitative estimate of drug-likeness (QED) is 0.824. The van der Waals surface area contributed by atoms with E-state index in [0.29, 0.717) is 18.9 Å². The lowest BCUT2D eigenvalue weighted by molar-refractivity contribution is -0.149. The zero-order valence-corrected chi connectivity index (χ0v) is 17.6. The van der Waals surface area contributed by atoms with Crippen molar-refractivity contribution in [3.05, 3.63) is 35.9 Å². The van der Waals surface area contributed by atoms with Gasteiger partial charge in [-0.25, -0.2) is 0 Å². The topological polar surface area (TPSA) is 43.8 Å². The van der Waals surface area contributed by atoms with E-state index in [2.05, 4.69) is 29.2 Å². The largest absolute Gasteiger partial charge is 0.389 e. The number of likely N-dealkylation sites (tertiary alicyclic amines) is 1. The van der Waals surface area contributed by atoms with E-state index >= 15 is 0 Å². The van der Waals surface area contributed by atoms with Crippen LogP contribution in [0.5, 0.6) is 0 Å². The van der Waals surface area contributed by atoms with Crippen LogP contribution in [0.3, 0.4) is 0 Å². The van der Waals surface area contributed by atoms with Crippen molar-refractivity contribution in [3.63, 3.8) is 0 Å². The van der Waals surface area contributed by atoms with E-state index in [1.165, 1.54) is 24.8 Å². The first-order valence-electron chi connectivity index (χ1n) is 10.2. The van der Waals surface area contributed by atoms with E-state index < -0.39 is 5.60 Å². The van der Waals surface area contributed by atoms with E-state index in [4.69, 9.17) is 0 Å². The molecular formula is C22H35ClN2O2. The van der Waals surface area contributed by atoms with Crippen molar-refractivity contribution in [1.29, 1.82) is 0 Å². The van der Waals surface area contributed by atoms with Gasteiger partial charge in [0.15, 0.2) is 0 Å². The van der Waals surface area contributed by atoms with E-state index in [1.807, 2.05) is 24.9 Å². The molecule has 5 heteroatoms. The van der Waals surface area contributed by atoms with Crippen molar-refractivity contribution in [3.8, 4) is 0 Å². The summed E-state index contributed by atoms with van der Waals surface area (Å²) < 4.78 is 0. The van der Waals surface area contributed by atoms with Gasteiger partial charge in [0.25, 0.3) is 0 Å². The third kappa shape index (κ3) is 5.46. The minimum Gasteiger partial charge on any atom is -0.389 e. The Labute approximate surface area is 170 Å². The zero-order valence-electron chi connectivity index (χ0n) is 16.8. The number of rotatable bonds is 5. The van der Waals surface area contributed by atoms with Gasteiger partial charge in [-0.2, -0.15) is 0 Å². The van der Waals surface area contributed by atoms with E-state index in [0.717, 1.165) is 32.5 Å². The first-order chi connectivity index (χ1) is 12.5. The second-order valence-corrected chi connectivity index (χ2v) is 8.33. The van der Waals surface area contributed by atoms with E-state index in [-0.39, 0.29) is 24.2 Å². The van der Waals surface area contributed by atoms with Gasteiger partial charge in [-0.3, -0.25) is 9.69 Å². The van der Waals surface area contributed by atoms with Gasteiger partial charge in [0.1, 0.15) is 0 Å². The fourth-order valence-electron chi connectivity index (χ4n) is 4.56. The summed E-state index contributed by atoms with van der Waals surface area (Å²) in [5, 5.41) is 11.2. The summed E-state index contributed by atoms with van der Waals surface area (Å²) >= 11 is 0. The fraction of sp³-hybridized carbons (Fsp3) is 0.682. The van der Waals surface area contributed by atoms with Crippen LogP contribution in [0.2, 0.25) is 0 Å². The van der Waals surface area contributed by atoms with Crippen LogP contribution in [0.25, 0.3) is 0 Å². The molecule has 152 valence electrons. The summed E-state index contributed by atoms with van der Waals surface area (Å²) in [6, 6.07) is 10.8. The van der Waals surface area contributed by atoms with Gasteiger partial charge in [-0.1, -0.05) is 56.5 Å². The van der Waals surface area contributed by atoms with Gasteiger partial charge in [0.2, 0.25) is 5.91 Å². The molecule has 1 amide bonds. The summed E-state index contributed by atoms with van der Waals surface area (Å²) in [6.45, 7) is 4.53. The first-order valence-corrected chi connectivity index (χ1v) is 10.2. The summed E-state index contributed by atoms with van der Waals surface area (Å²) in [6.07, 6.45) is 7.28. The Hall–Kier alpha value is -1.10. The molecule has 2 aliphatic rings. The summed E-state index contributed by atoms with van der Waals surface area (Å²) in [5.41, 5.74) is 0.437. The summed E-state index contributed by atoms with van der Waals surface area (Å²) in [5.74, 6) is -0.204. The molecule has 4 nitrogen and oxygen atoms in total. The third-order valence-corrected chi connectivity index (χ3v) is 6.62. The lowest BCUT2D eigenvalue weighted by Gasteiger charge is -2.43. The van der Waals surface area contributed by atoms with E-state index in [9.17, 15) is 9.90 Å². The number of amides is 1. The third-order valence-electron chi connectivity index (χ3n) is 6.62. The molecule has 0 aromatic heterocycles. The highest BCUT2D eigenvalue weighted by atomic mass is 35.5. The molecule has 0 bridgehead atoms. The number of carbonyl (C=O) groups is 1. The van der Waals surface area contributed by atoms with Crippen molar-refractivity contribution in [2.45, 2.75) is 70.1 Å². The molecular weight excluding hydrogens is 360 g/mol. The van der Waals surface area contributed by atoms with Crippen LogP contribution in [-0.4, -0.2) is 52.6 Å². The molecule has 1 saturated carbocycles. The molecule has 1 aliphatic heterocycles. The molecule has 0 spiro atoms. The van der Waals surface area contributed by atoms with Crippen molar-refractivity contribution < 1.29 is 9.90 Å². The standard InChI is InChI=1S/C22H34N2O2.ClH/c1-18(21(25)23(2)20-11-7-4-8-12-20)22(26)13-15-24(16-14-22)17-19-9-5-3-6-10-19;/h3,5-6,9-10,18,20,26H,4,7-8,11-17H2,1-2H3;1H. The lowest BCUT2D eigenvalue weighted by atomic mass is 9.79. The van der Waals surface area contributed by atoms with Gasteiger partial charge in [0.05, 0.1) is 11.5 Å². The molecule has 1 heterocycles. The maximum Gasteiger partial charge on any atom is 0.228 e. The van der Waals surface area contributed by atoms with Crippen molar-refractivity contribution in [1.82, 2.24) is 9.80 Å². The Morgan fingerprint density at radius 3 is 2.37 bits per heavy atom. The van der Waals surface area contributed by atoms with Gasteiger partial charge in [0, 0.05) is 32.7 Å². The molecule has 1 unspecified atom stereocenters. The maximum atomic E-state index is 13.0. The average Bonchev–Trinajstić information content (AvgIpc) is 2.69. The van der Waals surface area contributed by atoms with Crippen LogP contribution >= 0.6 is 12.4 Å². The fourth-order valence-corrected chi connectivity index (χ4v) is 4.56. The molecule has 0 radical (unpaired) electrons. The highest BCUT2D eigenvalue weighted by molar-refractivity contribution is 5.85. The Morgan fingerprint density at radius 2 is 1.78 bits per heavy atom. The van der Waals surface area contributed by atoms with Crippen LogP contribution in [0.4, 0.5) is 0 Å². The van der Waals surface area contributed by atoms with Gasteiger partial charge >= 0.3 is 0 Å². The second-order valence-electron chi connectivity index (χ2n) is 8.33. The Balaban J connectivity index is 0.00000261. The Kier molecular flexibility index (Phi) is 8.14. The number of piperidine rings is 1. The molecule has 3 rings (SSSR count). The normalized spacial score (nSPS) is 21.9. The highest BCUT2D eigenvalue weighted by Gasteiger charge is 2.42. The molecule has 1 aromatic carbocycles. The number of benzene rings is 1. The number of halogens is 1. The van der Waals surface area contributed by atoms with Crippen molar-refractivity contribution in [2.24, 2.45) is 5.92 Å². The molecule has 1 saturated heterocycles. The van der Waals surface area contributed by atoms with Crippen LogP contribution in [0.1, 0.15) is 57.4 Å². The molecule has 1 aliphatic carbocycles. The number of nitrogens with zero attached hydrogens (tertiary/aromatic N) is 2. The number of aliphatic hydroxyl groups is 1. The predicted octanol–water partition coefficient (Wildman–Crippen LogP) is 3.86. The van der Waals surface area contributed by atoms with Gasteiger partial charge in [-0.15, -0.1) is 12.4 Å². The Bertz CT molecular complexity index is 581. The predicted molar refractivity (Wildman–Crippen MR) is 112 cm³/mol. The van der Waals surface area contributed by atoms with Crippen molar-refractivity contribution in [2.75, 3.05) is 20.1 Å². The second kappa shape index (κ2) is 9.90. The van der Waals surface area contributed by atoms with E-state index in [1.54, 1.807) is 0 Å². The molecule has 27 heavy (non-hydrogen) atoms. The highest BCUT2D eigenvalue weighted by Crippen LogP contribution is 2.33. The maximum absolute atomic E-state index is 13.0. The summed E-state index contributed by atoms with van der Waals surface area (Å²) in [7, 11) is 1.93. The molecule has 1 aromatic rings. The average molecular weight is 395 g/mol. The zero-order chi connectivity index (χ0) is 18.6. The SMILES string of the molecule is CC(C(=O)N(C)C1CCCCC1)C1(O)CCN(Cc2ccccc2)CC1.Cl. The van der Waals surface area contributed by atoms with Gasteiger partial charge in [-0.05, 0) is 31.2 Å². The Morgan fingerprint density at radius 1 is 1.19 bits per heavy atom. The smallest absolute Gasteiger partial charge is 0.228 e. The number of carbonyl (C=O) groups excluding carboxylic acids is 1. The first kappa shape index (κ1) is 22.2. The van der Waals surface area contributed by atoms with Crippen LogP contribution in [-0.2, 0) is 11.3 Å².